The van der Waals surface area contributed by atoms with Gasteiger partial charge in [-0.15, -0.1) is 0 Å². The van der Waals surface area contributed by atoms with E-state index in [1.54, 1.807) is 7.11 Å². The van der Waals surface area contributed by atoms with E-state index in [-0.39, 0.29) is 6.10 Å². The summed E-state index contributed by atoms with van der Waals surface area (Å²) in [4.78, 5) is 0. The van der Waals surface area contributed by atoms with Crippen molar-refractivity contribution in [2.75, 3.05) is 7.11 Å². The van der Waals surface area contributed by atoms with Crippen molar-refractivity contribution >= 4 is 0 Å². The lowest BCUT2D eigenvalue weighted by Gasteiger charge is -2.08. The average Bonchev–Trinajstić information content (AvgIpc) is 2.54. The van der Waals surface area contributed by atoms with Gasteiger partial charge in [0.25, 0.3) is 0 Å². The van der Waals surface area contributed by atoms with Gasteiger partial charge < -0.3 is 9.84 Å². The molecule has 0 radical (unpaired) electrons. The number of hydrogen-bond acceptors (Lipinski definition) is 2. The van der Waals surface area contributed by atoms with Crippen LogP contribution in [0, 0.1) is 0 Å². The molecule has 0 saturated carbocycles. The monoisotopic (exact) mass is 232 g/mol. The minimum absolute atomic E-state index is 0.252. The second kappa shape index (κ2) is 5.87. The van der Waals surface area contributed by atoms with Crippen molar-refractivity contribution in [1.82, 2.24) is 0 Å². The molecule has 2 heteroatoms. The molecular weight excluding hydrogens is 212 g/mol. The lowest BCUT2D eigenvalue weighted by molar-refractivity contribution is 0.211. The molecule has 17 heavy (non-hydrogen) atoms. The molecule has 0 bridgehead atoms. The molecule has 0 heterocycles. The summed E-state index contributed by atoms with van der Waals surface area (Å²) in [5.74, 6) is 0.900. The van der Waals surface area contributed by atoms with E-state index in [1.807, 2.05) is 18.2 Å². The van der Waals surface area contributed by atoms with Gasteiger partial charge in [0.05, 0.1) is 13.2 Å². The van der Waals surface area contributed by atoms with Crippen LogP contribution in [0.2, 0.25) is 0 Å². The van der Waals surface area contributed by atoms with Crippen LogP contribution >= 0.6 is 0 Å². The van der Waals surface area contributed by atoms with Crippen LogP contribution in [0.5, 0.6) is 5.75 Å². The highest BCUT2D eigenvalue weighted by Crippen LogP contribution is 2.22. The molecule has 1 unspecified atom stereocenters. The van der Waals surface area contributed by atoms with Gasteiger partial charge in [0.15, 0.2) is 0 Å². The van der Waals surface area contributed by atoms with E-state index in [1.165, 1.54) is 17.6 Å². The number of aliphatic hydroxyl groups is 1. The smallest absolute Gasteiger partial charge is 0.119 e. The van der Waals surface area contributed by atoms with E-state index in [2.05, 4.69) is 12.1 Å². The zero-order valence-electron chi connectivity index (χ0n) is 10.4. The number of rotatable bonds is 3. The van der Waals surface area contributed by atoms with Crippen molar-refractivity contribution in [3.05, 3.63) is 41.5 Å². The molecule has 1 aromatic rings. The topological polar surface area (TPSA) is 29.5 Å². The van der Waals surface area contributed by atoms with Crippen LogP contribution in [0.25, 0.3) is 0 Å². The lowest BCUT2D eigenvalue weighted by Crippen LogP contribution is -2.01. The second-order valence-electron chi connectivity index (χ2n) is 4.67. The van der Waals surface area contributed by atoms with Gasteiger partial charge in [-0.05, 0) is 43.4 Å². The highest BCUT2D eigenvalue weighted by atomic mass is 16.5. The Balaban J connectivity index is 2.08. The molecule has 0 amide bonds. The van der Waals surface area contributed by atoms with Crippen LogP contribution in [0.15, 0.2) is 35.9 Å². The first-order valence-corrected chi connectivity index (χ1v) is 6.28. The van der Waals surface area contributed by atoms with Crippen LogP contribution < -0.4 is 4.74 Å². The summed E-state index contributed by atoms with van der Waals surface area (Å²) in [6.45, 7) is 0. The van der Waals surface area contributed by atoms with E-state index in [9.17, 15) is 5.11 Å². The van der Waals surface area contributed by atoms with Gasteiger partial charge in [0, 0.05) is 0 Å². The average molecular weight is 232 g/mol. The van der Waals surface area contributed by atoms with Crippen molar-refractivity contribution < 1.29 is 9.84 Å². The molecule has 1 aliphatic rings. The van der Waals surface area contributed by atoms with Crippen molar-refractivity contribution in [1.29, 1.82) is 0 Å². The van der Waals surface area contributed by atoms with Gasteiger partial charge in [-0.1, -0.05) is 30.2 Å². The van der Waals surface area contributed by atoms with E-state index < -0.39 is 0 Å². The first-order valence-electron chi connectivity index (χ1n) is 6.28. The SMILES string of the molecule is COc1cccc(CC2=CC(O)CCCC2)c1. The zero-order chi connectivity index (χ0) is 12.1. The predicted molar refractivity (Wildman–Crippen MR) is 69.3 cm³/mol. The highest BCUT2D eigenvalue weighted by Gasteiger charge is 2.09. The third-order valence-electron chi connectivity index (χ3n) is 3.24. The Morgan fingerprint density at radius 1 is 1.35 bits per heavy atom. The van der Waals surface area contributed by atoms with E-state index >= 15 is 0 Å². The van der Waals surface area contributed by atoms with Crippen molar-refractivity contribution in [2.45, 2.75) is 38.2 Å². The number of methoxy groups -OCH3 is 1. The number of ether oxygens (including phenoxy) is 1. The Bertz CT molecular complexity index is 396. The molecule has 2 nitrogen and oxygen atoms in total. The molecule has 92 valence electrons. The van der Waals surface area contributed by atoms with Crippen LogP contribution in [0.1, 0.15) is 31.2 Å². The summed E-state index contributed by atoms with van der Waals surface area (Å²) >= 11 is 0. The summed E-state index contributed by atoms with van der Waals surface area (Å²) in [5.41, 5.74) is 2.60. The quantitative estimate of drug-likeness (QED) is 0.811. The fraction of sp³-hybridized carbons (Fsp3) is 0.467. The molecule has 1 atom stereocenters. The Morgan fingerprint density at radius 2 is 2.24 bits per heavy atom. The highest BCUT2D eigenvalue weighted by molar-refractivity contribution is 5.31. The van der Waals surface area contributed by atoms with Gasteiger partial charge in [0.2, 0.25) is 0 Å². The minimum atomic E-state index is -0.252. The molecule has 0 spiro atoms. The summed E-state index contributed by atoms with van der Waals surface area (Å²) in [6, 6.07) is 8.15. The molecular formula is C15H20O2. The third-order valence-corrected chi connectivity index (χ3v) is 3.24. The number of benzene rings is 1. The van der Waals surface area contributed by atoms with Crippen LogP contribution in [-0.4, -0.2) is 18.3 Å². The van der Waals surface area contributed by atoms with E-state index in [0.717, 1.165) is 31.4 Å². The normalized spacial score (nSPS) is 20.6. The summed E-state index contributed by atoms with van der Waals surface area (Å²) in [5, 5.41) is 9.74. The maximum absolute atomic E-state index is 9.74. The number of hydrogen-bond donors (Lipinski definition) is 1. The number of allylic oxidation sites excluding steroid dienone is 1. The van der Waals surface area contributed by atoms with Crippen LogP contribution in [0.3, 0.4) is 0 Å². The fourth-order valence-electron chi connectivity index (χ4n) is 2.34. The largest absolute Gasteiger partial charge is 0.497 e. The summed E-state index contributed by atoms with van der Waals surface area (Å²) in [6.07, 6.45) is 7.03. The molecule has 0 aromatic heterocycles. The predicted octanol–water partition coefficient (Wildman–Crippen LogP) is 3.10. The Kier molecular flexibility index (Phi) is 4.21. The Morgan fingerprint density at radius 3 is 3.06 bits per heavy atom. The maximum atomic E-state index is 9.74. The van der Waals surface area contributed by atoms with E-state index in [0.29, 0.717) is 0 Å². The standard InChI is InChI=1S/C15H20O2/c1-17-15-8-4-6-13(11-15)9-12-5-2-3-7-14(16)10-12/h4,6,8,10-11,14,16H,2-3,5,7,9H2,1H3. The Labute approximate surface area is 103 Å². The molecule has 0 saturated heterocycles. The van der Waals surface area contributed by atoms with Crippen molar-refractivity contribution in [3.63, 3.8) is 0 Å². The van der Waals surface area contributed by atoms with Crippen LogP contribution in [-0.2, 0) is 6.42 Å². The molecule has 2 rings (SSSR count). The fourth-order valence-corrected chi connectivity index (χ4v) is 2.34. The Hall–Kier alpha value is -1.28. The first kappa shape index (κ1) is 12.2. The van der Waals surface area contributed by atoms with Gasteiger partial charge in [0.1, 0.15) is 5.75 Å². The molecule has 0 aliphatic heterocycles. The molecule has 1 N–H and O–H groups in total. The van der Waals surface area contributed by atoms with E-state index in [4.69, 9.17) is 4.74 Å². The third kappa shape index (κ3) is 3.60. The van der Waals surface area contributed by atoms with Crippen molar-refractivity contribution in [2.24, 2.45) is 0 Å². The van der Waals surface area contributed by atoms with Gasteiger partial charge >= 0.3 is 0 Å². The van der Waals surface area contributed by atoms with Gasteiger partial charge in [-0.25, -0.2) is 0 Å². The molecule has 1 aromatic carbocycles. The minimum Gasteiger partial charge on any atom is -0.497 e. The summed E-state index contributed by atoms with van der Waals surface area (Å²) < 4.78 is 5.22. The van der Waals surface area contributed by atoms with Gasteiger partial charge in [-0.2, -0.15) is 0 Å². The molecule has 1 aliphatic carbocycles. The van der Waals surface area contributed by atoms with Crippen LogP contribution in [0.4, 0.5) is 0 Å². The zero-order valence-corrected chi connectivity index (χ0v) is 10.4. The summed E-state index contributed by atoms with van der Waals surface area (Å²) in [7, 11) is 1.69. The van der Waals surface area contributed by atoms with Crippen molar-refractivity contribution in [3.8, 4) is 5.75 Å². The molecule has 0 fully saturated rings. The second-order valence-corrected chi connectivity index (χ2v) is 4.67. The lowest BCUT2D eigenvalue weighted by atomic mass is 10.0. The van der Waals surface area contributed by atoms with Gasteiger partial charge in [-0.3, -0.25) is 0 Å². The first-order chi connectivity index (χ1) is 8.28. The number of aliphatic hydroxyl groups excluding tert-OH is 1. The maximum Gasteiger partial charge on any atom is 0.119 e.